The summed E-state index contributed by atoms with van der Waals surface area (Å²) in [5.74, 6) is 2.23. The Hall–Kier alpha value is -4.27. The number of rotatable bonds is 8. The number of nitrogens with one attached hydrogen (secondary N) is 1. The molecule has 4 rings (SSSR count). The first-order valence-electron chi connectivity index (χ1n) is 9.77. The zero-order valence-corrected chi connectivity index (χ0v) is 17.9. The van der Waals surface area contributed by atoms with Crippen molar-refractivity contribution in [2.24, 2.45) is 0 Å². The van der Waals surface area contributed by atoms with Crippen LogP contribution in [0.2, 0.25) is 0 Å². The van der Waals surface area contributed by atoms with Crippen molar-refractivity contribution in [1.82, 2.24) is 14.7 Å². The Bertz CT molecular complexity index is 1230. The minimum absolute atomic E-state index is 0.0639. The van der Waals surface area contributed by atoms with Crippen molar-refractivity contribution in [3.8, 4) is 40.2 Å². The maximum absolute atomic E-state index is 12.6. The molecule has 9 nitrogen and oxygen atoms in total. The zero-order valence-electron chi connectivity index (χ0n) is 17.9. The Labute approximate surface area is 184 Å². The van der Waals surface area contributed by atoms with Crippen LogP contribution in [-0.4, -0.2) is 41.9 Å². The zero-order chi connectivity index (χ0) is 22.5. The Balaban J connectivity index is 1.53. The molecule has 0 spiro atoms. The Morgan fingerprint density at radius 2 is 1.75 bits per heavy atom. The van der Waals surface area contributed by atoms with E-state index in [2.05, 4.69) is 15.5 Å². The second-order valence-electron chi connectivity index (χ2n) is 6.76. The van der Waals surface area contributed by atoms with Crippen molar-refractivity contribution >= 4 is 11.6 Å². The fraction of sp³-hybridized carbons (Fsp3) is 0.174. The number of nitrogens with zero attached hydrogens (tertiary/aromatic N) is 3. The summed E-state index contributed by atoms with van der Waals surface area (Å²) in [6.45, 7) is 0.0639. The van der Waals surface area contributed by atoms with Gasteiger partial charge in [0, 0.05) is 11.8 Å². The van der Waals surface area contributed by atoms with Gasteiger partial charge in [-0.25, -0.2) is 0 Å². The SMILES string of the molecule is COc1ccccc1NC(=O)Cn1cccc1-c1nc(-c2ccc(OC)c(OC)c2)no1. The Morgan fingerprint density at radius 3 is 2.53 bits per heavy atom. The molecular weight excluding hydrogens is 412 g/mol. The van der Waals surface area contributed by atoms with Crippen molar-refractivity contribution in [2.75, 3.05) is 26.6 Å². The molecule has 0 bridgehead atoms. The molecule has 2 heterocycles. The van der Waals surface area contributed by atoms with Gasteiger partial charge in [0.2, 0.25) is 11.7 Å². The summed E-state index contributed by atoms with van der Waals surface area (Å²) >= 11 is 0. The lowest BCUT2D eigenvalue weighted by Gasteiger charge is -2.11. The summed E-state index contributed by atoms with van der Waals surface area (Å²) in [5, 5.41) is 6.93. The van der Waals surface area contributed by atoms with Crippen LogP contribution in [0.25, 0.3) is 23.0 Å². The van der Waals surface area contributed by atoms with Crippen LogP contribution in [0.5, 0.6) is 17.2 Å². The molecule has 2 aromatic carbocycles. The van der Waals surface area contributed by atoms with Gasteiger partial charge < -0.3 is 28.6 Å². The maximum Gasteiger partial charge on any atom is 0.274 e. The van der Waals surface area contributed by atoms with Crippen molar-refractivity contribution in [3.05, 3.63) is 60.8 Å². The van der Waals surface area contributed by atoms with Crippen LogP contribution >= 0.6 is 0 Å². The molecule has 0 atom stereocenters. The summed E-state index contributed by atoms with van der Waals surface area (Å²) in [7, 11) is 4.69. The molecule has 1 amide bonds. The molecule has 0 aliphatic carbocycles. The summed E-state index contributed by atoms with van der Waals surface area (Å²) in [4.78, 5) is 17.1. The van der Waals surface area contributed by atoms with Gasteiger partial charge in [0.1, 0.15) is 18.0 Å². The van der Waals surface area contributed by atoms with Gasteiger partial charge in [0.25, 0.3) is 5.89 Å². The predicted molar refractivity (Wildman–Crippen MR) is 118 cm³/mol. The highest BCUT2D eigenvalue weighted by atomic mass is 16.5. The third kappa shape index (κ3) is 4.27. The first-order chi connectivity index (χ1) is 15.6. The quantitative estimate of drug-likeness (QED) is 0.449. The molecule has 0 aliphatic heterocycles. The third-order valence-electron chi connectivity index (χ3n) is 4.81. The fourth-order valence-electron chi connectivity index (χ4n) is 3.26. The van der Waals surface area contributed by atoms with Crippen LogP contribution in [-0.2, 0) is 11.3 Å². The second-order valence-corrected chi connectivity index (χ2v) is 6.76. The minimum Gasteiger partial charge on any atom is -0.495 e. The number of hydrogen-bond donors (Lipinski definition) is 1. The van der Waals surface area contributed by atoms with E-state index >= 15 is 0 Å². The number of aromatic nitrogens is 3. The lowest BCUT2D eigenvalue weighted by Crippen LogP contribution is -2.19. The third-order valence-corrected chi connectivity index (χ3v) is 4.81. The number of ether oxygens (including phenoxy) is 3. The first-order valence-corrected chi connectivity index (χ1v) is 9.77. The molecule has 9 heteroatoms. The molecule has 0 unspecified atom stereocenters. The van der Waals surface area contributed by atoms with E-state index in [0.717, 1.165) is 0 Å². The Morgan fingerprint density at radius 1 is 0.969 bits per heavy atom. The molecule has 2 aromatic heterocycles. The van der Waals surface area contributed by atoms with E-state index in [1.165, 1.54) is 0 Å². The summed E-state index contributed by atoms with van der Waals surface area (Å²) < 4.78 is 23.1. The lowest BCUT2D eigenvalue weighted by atomic mass is 10.2. The van der Waals surface area contributed by atoms with Crippen molar-refractivity contribution < 1.29 is 23.5 Å². The molecular formula is C23H22N4O5. The highest BCUT2D eigenvalue weighted by Gasteiger charge is 2.17. The number of anilines is 1. The highest BCUT2D eigenvalue weighted by Crippen LogP contribution is 2.32. The average molecular weight is 434 g/mol. The standard InChI is InChI=1S/C23H22N4O5/c1-29-18-9-5-4-7-16(18)24-21(28)14-27-12-6-8-17(27)23-25-22(26-32-23)15-10-11-19(30-2)20(13-15)31-3/h4-13H,14H2,1-3H3,(H,24,28). The maximum atomic E-state index is 12.6. The van der Waals surface area contributed by atoms with Crippen molar-refractivity contribution in [3.63, 3.8) is 0 Å². The number of hydrogen-bond acceptors (Lipinski definition) is 7. The van der Waals surface area contributed by atoms with E-state index in [4.69, 9.17) is 18.7 Å². The van der Waals surface area contributed by atoms with Crippen LogP contribution in [0.1, 0.15) is 0 Å². The average Bonchev–Trinajstić information content (AvgIpc) is 3.48. The molecule has 164 valence electrons. The number of benzene rings is 2. The van der Waals surface area contributed by atoms with E-state index < -0.39 is 0 Å². The van der Waals surface area contributed by atoms with Gasteiger partial charge >= 0.3 is 0 Å². The van der Waals surface area contributed by atoms with Crippen molar-refractivity contribution in [1.29, 1.82) is 0 Å². The van der Waals surface area contributed by atoms with Crippen LogP contribution in [0.4, 0.5) is 5.69 Å². The highest BCUT2D eigenvalue weighted by molar-refractivity contribution is 5.92. The van der Waals surface area contributed by atoms with E-state index in [-0.39, 0.29) is 12.5 Å². The normalized spacial score (nSPS) is 10.6. The van der Waals surface area contributed by atoms with Gasteiger partial charge in [0.05, 0.1) is 27.0 Å². The number of carbonyl (C=O) groups is 1. The smallest absolute Gasteiger partial charge is 0.274 e. The largest absolute Gasteiger partial charge is 0.495 e. The van der Waals surface area contributed by atoms with Crippen molar-refractivity contribution in [2.45, 2.75) is 6.54 Å². The van der Waals surface area contributed by atoms with Gasteiger partial charge in [-0.3, -0.25) is 4.79 Å². The van der Waals surface area contributed by atoms with Gasteiger partial charge in [-0.15, -0.1) is 0 Å². The summed E-state index contributed by atoms with van der Waals surface area (Å²) in [6.07, 6.45) is 1.78. The minimum atomic E-state index is -0.216. The van der Waals surface area contributed by atoms with E-state index in [9.17, 15) is 4.79 Å². The summed E-state index contributed by atoms with van der Waals surface area (Å²) in [5.41, 5.74) is 1.94. The lowest BCUT2D eigenvalue weighted by molar-refractivity contribution is -0.116. The monoisotopic (exact) mass is 434 g/mol. The predicted octanol–water partition coefficient (Wildman–Crippen LogP) is 3.87. The van der Waals surface area contributed by atoms with Gasteiger partial charge in [-0.2, -0.15) is 4.98 Å². The van der Waals surface area contributed by atoms with E-state index in [1.54, 1.807) is 56.4 Å². The first kappa shape index (κ1) is 21.0. The second kappa shape index (κ2) is 9.25. The molecule has 0 aliphatic rings. The molecule has 0 radical (unpaired) electrons. The van der Waals surface area contributed by atoms with E-state index in [0.29, 0.717) is 45.9 Å². The number of para-hydroxylation sites is 2. The molecule has 0 saturated carbocycles. The molecule has 1 N–H and O–H groups in total. The van der Waals surface area contributed by atoms with E-state index in [1.807, 2.05) is 30.3 Å². The van der Waals surface area contributed by atoms with Crippen LogP contribution in [0.15, 0.2) is 65.3 Å². The summed E-state index contributed by atoms with van der Waals surface area (Å²) in [6, 6.07) is 16.2. The van der Waals surface area contributed by atoms with Gasteiger partial charge in [-0.05, 0) is 42.5 Å². The number of methoxy groups -OCH3 is 3. The molecule has 0 saturated heterocycles. The van der Waals surface area contributed by atoms with Crippen LogP contribution in [0, 0.1) is 0 Å². The molecule has 0 fully saturated rings. The Kier molecular flexibility index (Phi) is 6.07. The van der Waals surface area contributed by atoms with Gasteiger partial charge in [-0.1, -0.05) is 17.3 Å². The van der Waals surface area contributed by atoms with Crippen LogP contribution in [0.3, 0.4) is 0 Å². The number of carbonyl (C=O) groups excluding carboxylic acids is 1. The topological polar surface area (TPSA) is 101 Å². The molecule has 4 aromatic rings. The van der Waals surface area contributed by atoms with Crippen LogP contribution < -0.4 is 19.5 Å². The van der Waals surface area contributed by atoms with Gasteiger partial charge in [0.15, 0.2) is 11.5 Å². The molecule has 32 heavy (non-hydrogen) atoms. The number of amides is 1. The fourth-order valence-corrected chi connectivity index (χ4v) is 3.26.